The van der Waals surface area contributed by atoms with E-state index < -0.39 is 0 Å². The Morgan fingerprint density at radius 1 is 1.53 bits per heavy atom. The maximum Gasteiger partial charge on any atom is 0.252 e. The van der Waals surface area contributed by atoms with Crippen molar-refractivity contribution in [2.75, 3.05) is 0 Å². The largest absolute Gasteiger partial charge is 0.342 e. The van der Waals surface area contributed by atoms with Crippen LogP contribution in [0.4, 0.5) is 4.39 Å². The van der Waals surface area contributed by atoms with Gasteiger partial charge in [-0.3, -0.25) is 4.79 Å². The Labute approximate surface area is 110 Å². The zero-order valence-electron chi connectivity index (χ0n) is 10.6. The molecule has 0 saturated carbocycles. The van der Waals surface area contributed by atoms with Gasteiger partial charge in [0.25, 0.3) is 5.91 Å². The molecule has 5 heteroatoms. The second kappa shape index (κ2) is 4.50. The van der Waals surface area contributed by atoms with Gasteiger partial charge in [-0.1, -0.05) is 6.07 Å². The van der Waals surface area contributed by atoms with Gasteiger partial charge < -0.3 is 9.88 Å². The molecule has 1 aliphatic heterocycles. The third-order valence-electron chi connectivity index (χ3n) is 3.54. The van der Waals surface area contributed by atoms with Crippen molar-refractivity contribution in [2.24, 2.45) is 0 Å². The van der Waals surface area contributed by atoms with Crippen LogP contribution in [0.5, 0.6) is 0 Å². The quantitative estimate of drug-likeness (QED) is 0.898. The maximum absolute atomic E-state index is 13.4. The van der Waals surface area contributed by atoms with Crippen LogP contribution in [0.2, 0.25) is 0 Å². The molecular weight excluding hydrogens is 245 g/mol. The Hall–Kier alpha value is -2.17. The SMILES string of the molecule is Cc1c(F)cccc1C(=O)NC1CCn2ccnc21. The molecular formula is C14H14FN3O. The first-order valence-electron chi connectivity index (χ1n) is 6.24. The number of hydrogen-bond donors (Lipinski definition) is 1. The molecule has 2 aromatic rings. The lowest BCUT2D eigenvalue weighted by Crippen LogP contribution is -2.28. The number of imidazole rings is 1. The monoisotopic (exact) mass is 259 g/mol. The van der Waals surface area contributed by atoms with Crippen LogP contribution >= 0.6 is 0 Å². The Balaban J connectivity index is 1.81. The van der Waals surface area contributed by atoms with Crippen molar-refractivity contribution >= 4 is 5.91 Å². The van der Waals surface area contributed by atoms with Crippen LogP contribution in [0.15, 0.2) is 30.6 Å². The minimum Gasteiger partial charge on any atom is -0.342 e. The average Bonchev–Trinajstić information content (AvgIpc) is 2.97. The van der Waals surface area contributed by atoms with E-state index in [0.29, 0.717) is 11.1 Å². The third kappa shape index (κ3) is 2.01. The molecule has 1 amide bonds. The van der Waals surface area contributed by atoms with Crippen molar-refractivity contribution in [3.63, 3.8) is 0 Å². The summed E-state index contributed by atoms with van der Waals surface area (Å²) in [6.45, 7) is 2.46. The predicted octanol–water partition coefficient (Wildman–Crippen LogP) is 2.21. The standard InChI is InChI=1S/C14H14FN3O/c1-9-10(3-2-4-11(9)15)14(19)17-12-5-7-18-8-6-16-13(12)18/h2-4,6,8,12H,5,7H2,1H3,(H,17,19). The number of amides is 1. The number of halogens is 1. The number of benzene rings is 1. The van der Waals surface area contributed by atoms with Gasteiger partial charge in [0.1, 0.15) is 11.6 Å². The molecule has 1 atom stereocenters. The highest BCUT2D eigenvalue weighted by Gasteiger charge is 2.26. The summed E-state index contributed by atoms with van der Waals surface area (Å²) in [6.07, 6.45) is 4.44. The van der Waals surface area contributed by atoms with E-state index >= 15 is 0 Å². The Morgan fingerprint density at radius 2 is 2.37 bits per heavy atom. The van der Waals surface area contributed by atoms with Crippen LogP contribution in [0.1, 0.15) is 34.2 Å². The summed E-state index contributed by atoms with van der Waals surface area (Å²) < 4.78 is 15.5. The fraction of sp³-hybridized carbons (Fsp3) is 0.286. The lowest BCUT2D eigenvalue weighted by Gasteiger charge is -2.13. The normalized spacial score (nSPS) is 17.3. The van der Waals surface area contributed by atoms with E-state index in [9.17, 15) is 9.18 Å². The first kappa shape index (κ1) is 11.9. The molecule has 0 spiro atoms. The number of hydrogen-bond acceptors (Lipinski definition) is 2. The van der Waals surface area contributed by atoms with Crippen LogP contribution in [0.3, 0.4) is 0 Å². The molecule has 0 saturated heterocycles. The van der Waals surface area contributed by atoms with Crippen molar-refractivity contribution in [3.8, 4) is 0 Å². The van der Waals surface area contributed by atoms with Crippen molar-refractivity contribution in [2.45, 2.75) is 25.9 Å². The van der Waals surface area contributed by atoms with Crippen molar-refractivity contribution in [3.05, 3.63) is 53.4 Å². The van der Waals surface area contributed by atoms with E-state index in [1.807, 2.05) is 10.8 Å². The summed E-state index contributed by atoms with van der Waals surface area (Å²) in [5.74, 6) is 0.251. The maximum atomic E-state index is 13.4. The van der Waals surface area contributed by atoms with Crippen LogP contribution in [-0.4, -0.2) is 15.5 Å². The van der Waals surface area contributed by atoms with Crippen LogP contribution < -0.4 is 5.32 Å². The van der Waals surface area contributed by atoms with E-state index in [-0.39, 0.29) is 17.8 Å². The summed E-state index contributed by atoms with van der Waals surface area (Å²) in [4.78, 5) is 16.4. The Kier molecular flexibility index (Phi) is 2.81. The van der Waals surface area contributed by atoms with Crippen LogP contribution in [0.25, 0.3) is 0 Å². The zero-order chi connectivity index (χ0) is 13.4. The minimum absolute atomic E-state index is 0.0924. The molecule has 1 aromatic heterocycles. The summed E-state index contributed by atoms with van der Waals surface area (Å²) >= 11 is 0. The Morgan fingerprint density at radius 3 is 3.21 bits per heavy atom. The number of nitrogens with one attached hydrogen (secondary N) is 1. The number of aryl methyl sites for hydroxylation is 1. The number of rotatable bonds is 2. The van der Waals surface area contributed by atoms with Gasteiger partial charge in [-0.05, 0) is 31.0 Å². The molecule has 19 heavy (non-hydrogen) atoms. The summed E-state index contributed by atoms with van der Waals surface area (Å²) in [6, 6.07) is 4.45. The van der Waals surface area contributed by atoms with E-state index in [1.165, 1.54) is 6.07 Å². The summed E-state index contributed by atoms with van der Waals surface area (Å²) in [5.41, 5.74) is 0.756. The van der Waals surface area contributed by atoms with Gasteiger partial charge in [-0.15, -0.1) is 0 Å². The number of carbonyl (C=O) groups is 1. The fourth-order valence-corrected chi connectivity index (χ4v) is 2.44. The number of aromatic nitrogens is 2. The highest BCUT2D eigenvalue weighted by molar-refractivity contribution is 5.95. The molecule has 0 fully saturated rings. The molecule has 98 valence electrons. The van der Waals surface area contributed by atoms with Gasteiger partial charge in [0.05, 0.1) is 6.04 Å². The number of fused-ring (bicyclic) bond motifs is 1. The lowest BCUT2D eigenvalue weighted by atomic mass is 10.1. The van der Waals surface area contributed by atoms with Gasteiger partial charge in [0.15, 0.2) is 0 Å². The molecule has 0 radical (unpaired) electrons. The lowest BCUT2D eigenvalue weighted by molar-refractivity contribution is 0.0935. The third-order valence-corrected chi connectivity index (χ3v) is 3.54. The van der Waals surface area contributed by atoms with Crippen molar-refractivity contribution in [1.29, 1.82) is 0 Å². The second-order valence-electron chi connectivity index (χ2n) is 4.71. The van der Waals surface area contributed by atoms with Gasteiger partial charge in [0, 0.05) is 24.5 Å². The van der Waals surface area contributed by atoms with Gasteiger partial charge >= 0.3 is 0 Å². The van der Waals surface area contributed by atoms with E-state index in [4.69, 9.17) is 0 Å². The van der Waals surface area contributed by atoms with Crippen molar-refractivity contribution in [1.82, 2.24) is 14.9 Å². The van der Waals surface area contributed by atoms with Crippen molar-refractivity contribution < 1.29 is 9.18 Å². The second-order valence-corrected chi connectivity index (χ2v) is 4.71. The van der Waals surface area contributed by atoms with Crippen LogP contribution in [-0.2, 0) is 6.54 Å². The van der Waals surface area contributed by atoms with Gasteiger partial charge in [-0.2, -0.15) is 0 Å². The summed E-state index contributed by atoms with van der Waals surface area (Å²) in [5, 5.41) is 2.92. The smallest absolute Gasteiger partial charge is 0.252 e. The molecule has 0 bridgehead atoms. The number of nitrogens with zero attached hydrogens (tertiary/aromatic N) is 2. The molecule has 1 aromatic carbocycles. The number of carbonyl (C=O) groups excluding carboxylic acids is 1. The molecule has 3 rings (SSSR count). The predicted molar refractivity (Wildman–Crippen MR) is 68.2 cm³/mol. The Bertz CT molecular complexity index is 635. The molecule has 1 unspecified atom stereocenters. The van der Waals surface area contributed by atoms with E-state index in [1.54, 1.807) is 25.3 Å². The highest BCUT2D eigenvalue weighted by atomic mass is 19.1. The molecule has 2 heterocycles. The fourth-order valence-electron chi connectivity index (χ4n) is 2.44. The molecule has 1 N–H and O–H groups in total. The first-order chi connectivity index (χ1) is 9.16. The molecule has 0 aliphatic carbocycles. The van der Waals surface area contributed by atoms with Gasteiger partial charge in [-0.25, -0.2) is 9.37 Å². The first-order valence-corrected chi connectivity index (χ1v) is 6.24. The average molecular weight is 259 g/mol. The van der Waals surface area contributed by atoms with E-state index in [2.05, 4.69) is 10.3 Å². The highest BCUT2D eigenvalue weighted by Crippen LogP contribution is 2.24. The van der Waals surface area contributed by atoms with E-state index in [0.717, 1.165) is 18.8 Å². The molecule has 4 nitrogen and oxygen atoms in total. The minimum atomic E-state index is -0.361. The van der Waals surface area contributed by atoms with Gasteiger partial charge in [0.2, 0.25) is 0 Å². The van der Waals surface area contributed by atoms with Crippen LogP contribution in [0, 0.1) is 12.7 Å². The molecule has 1 aliphatic rings. The zero-order valence-corrected chi connectivity index (χ0v) is 10.6. The topological polar surface area (TPSA) is 46.9 Å². The summed E-state index contributed by atoms with van der Waals surface area (Å²) in [7, 11) is 0.